The van der Waals surface area contributed by atoms with Gasteiger partial charge in [0.15, 0.2) is 0 Å². The highest BCUT2D eigenvalue weighted by atomic mass is 35.5. The number of carbonyl (C=O) groups is 1. The lowest BCUT2D eigenvalue weighted by Crippen LogP contribution is -2.45. The van der Waals surface area contributed by atoms with Crippen molar-refractivity contribution in [2.75, 3.05) is 5.32 Å². The Hall–Kier alpha value is -2.35. The summed E-state index contributed by atoms with van der Waals surface area (Å²) in [5.41, 5.74) is 2.71. The van der Waals surface area contributed by atoms with Crippen LogP contribution in [-0.2, 0) is 4.79 Å². The normalized spacial score (nSPS) is 25.2. The number of hydrogen-bond donors (Lipinski definition) is 4. The molecule has 7 nitrogen and oxygen atoms in total. The van der Waals surface area contributed by atoms with Gasteiger partial charge in [-0.25, -0.2) is 14.8 Å². The van der Waals surface area contributed by atoms with Gasteiger partial charge < -0.3 is 15.6 Å². The van der Waals surface area contributed by atoms with Crippen LogP contribution in [0.2, 0.25) is 5.02 Å². The van der Waals surface area contributed by atoms with Crippen molar-refractivity contribution in [3.05, 3.63) is 41.7 Å². The molecule has 2 aromatic heterocycles. The topological polar surface area (TPSA) is 94.7 Å². The zero-order chi connectivity index (χ0) is 23.5. The van der Waals surface area contributed by atoms with E-state index in [1.807, 2.05) is 24.4 Å². The molecule has 0 spiro atoms. The summed E-state index contributed by atoms with van der Waals surface area (Å²) in [7, 11) is 0. The molecular formula is C25H30Cl2N6O. The lowest BCUT2D eigenvalue weighted by molar-refractivity contribution is -0.127. The number of nitrogens with one attached hydrogen (secondary N) is 4. The van der Waals surface area contributed by atoms with Gasteiger partial charge in [0, 0.05) is 46.7 Å². The van der Waals surface area contributed by atoms with E-state index in [1.54, 1.807) is 6.20 Å². The third kappa shape index (κ3) is 5.16. The van der Waals surface area contributed by atoms with Crippen LogP contribution in [0.4, 0.5) is 5.95 Å². The average Bonchev–Trinajstić information content (AvgIpc) is 3.29. The van der Waals surface area contributed by atoms with E-state index >= 15 is 0 Å². The summed E-state index contributed by atoms with van der Waals surface area (Å²) >= 11 is 12.2. The molecule has 2 aliphatic carbocycles. The lowest BCUT2D eigenvalue weighted by atomic mass is 9.85. The Morgan fingerprint density at radius 3 is 2.65 bits per heavy atom. The molecule has 0 radical (unpaired) electrons. The molecule has 3 aromatic rings. The highest BCUT2D eigenvalue weighted by Gasteiger charge is 2.29. The van der Waals surface area contributed by atoms with Gasteiger partial charge in [-0.15, -0.1) is 0 Å². The number of anilines is 1. The molecule has 4 N–H and O–H groups in total. The Morgan fingerprint density at radius 2 is 1.82 bits per heavy atom. The largest absolute Gasteiger partial charge is 0.360 e. The van der Waals surface area contributed by atoms with E-state index in [-0.39, 0.29) is 23.9 Å². The number of aromatic nitrogens is 3. The Morgan fingerprint density at radius 1 is 1.03 bits per heavy atom. The second-order valence-corrected chi connectivity index (χ2v) is 10.1. The van der Waals surface area contributed by atoms with Crippen LogP contribution < -0.4 is 15.5 Å². The number of halogens is 2. The van der Waals surface area contributed by atoms with Crippen LogP contribution in [0.5, 0.6) is 0 Å². The molecule has 0 unspecified atom stereocenters. The standard InChI is InChI=1S/C25H30Cl2N6O/c26-21-14-29-25(32-23(21)20-13-28-22-7-2-1-6-19(20)22)31-18-5-3-4-17(12-18)30-24(34)15-8-10-16(33-27)11-9-15/h1-2,6-7,13-18,28,33H,3-5,8-12H2,(H,30,34)(H,29,31,32)/t15?,16?,17-,18+/m0/s1. The van der Waals surface area contributed by atoms with E-state index in [4.69, 9.17) is 28.4 Å². The molecule has 34 heavy (non-hydrogen) atoms. The third-order valence-electron chi connectivity index (χ3n) is 7.19. The Bertz CT molecular complexity index is 1140. The maximum Gasteiger partial charge on any atom is 0.223 e. The van der Waals surface area contributed by atoms with Crippen molar-refractivity contribution in [3.8, 4) is 11.3 Å². The molecule has 0 bridgehead atoms. The van der Waals surface area contributed by atoms with E-state index in [9.17, 15) is 4.79 Å². The van der Waals surface area contributed by atoms with Crippen molar-refractivity contribution >= 4 is 46.1 Å². The number of fused-ring (bicyclic) bond motifs is 1. The fraction of sp³-hybridized carbons (Fsp3) is 0.480. The van der Waals surface area contributed by atoms with Gasteiger partial charge in [-0.1, -0.05) is 29.8 Å². The van der Waals surface area contributed by atoms with Crippen LogP contribution in [0.1, 0.15) is 51.4 Å². The molecule has 9 heteroatoms. The number of amides is 1. The summed E-state index contributed by atoms with van der Waals surface area (Å²) < 4.78 is 0. The van der Waals surface area contributed by atoms with Crippen molar-refractivity contribution in [1.82, 2.24) is 25.1 Å². The van der Waals surface area contributed by atoms with Crippen LogP contribution in [0.25, 0.3) is 22.2 Å². The maximum absolute atomic E-state index is 12.8. The molecule has 2 aliphatic rings. The highest BCUT2D eigenvalue weighted by Crippen LogP contribution is 2.33. The van der Waals surface area contributed by atoms with Gasteiger partial charge in [0.1, 0.15) is 0 Å². The predicted molar refractivity (Wildman–Crippen MR) is 137 cm³/mol. The first-order valence-corrected chi connectivity index (χ1v) is 12.9. The summed E-state index contributed by atoms with van der Waals surface area (Å²) in [5, 5.41) is 8.38. The van der Waals surface area contributed by atoms with Crippen LogP contribution in [0.15, 0.2) is 36.7 Å². The fourth-order valence-corrected chi connectivity index (χ4v) is 5.72. The number of para-hydroxylation sites is 1. The second-order valence-electron chi connectivity index (χ2n) is 9.51. The molecule has 180 valence electrons. The number of benzene rings is 1. The number of H-pyrrole nitrogens is 1. The monoisotopic (exact) mass is 500 g/mol. The van der Waals surface area contributed by atoms with E-state index in [0.29, 0.717) is 22.7 Å². The minimum absolute atomic E-state index is 0.0907. The smallest absolute Gasteiger partial charge is 0.223 e. The van der Waals surface area contributed by atoms with E-state index in [0.717, 1.165) is 67.8 Å². The van der Waals surface area contributed by atoms with E-state index < -0.39 is 0 Å². The molecule has 0 saturated heterocycles. The zero-order valence-electron chi connectivity index (χ0n) is 19.0. The first-order chi connectivity index (χ1) is 16.6. The summed E-state index contributed by atoms with van der Waals surface area (Å²) in [6, 6.07) is 8.78. The van der Waals surface area contributed by atoms with Gasteiger partial charge in [0.25, 0.3) is 0 Å². The molecule has 2 heterocycles. The van der Waals surface area contributed by atoms with Gasteiger partial charge in [-0.3, -0.25) is 4.79 Å². The number of hydrogen-bond acceptors (Lipinski definition) is 5. The maximum atomic E-state index is 12.8. The van der Waals surface area contributed by atoms with Gasteiger partial charge in [0.2, 0.25) is 11.9 Å². The second kappa shape index (κ2) is 10.5. The summed E-state index contributed by atoms with van der Waals surface area (Å²) in [4.78, 5) is 28.1. The molecule has 1 aromatic carbocycles. The number of aromatic amines is 1. The van der Waals surface area contributed by atoms with Crippen molar-refractivity contribution in [2.24, 2.45) is 5.92 Å². The highest BCUT2D eigenvalue weighted by molar-refractivity contribution is 6.33. The van der Waals surface area contributed by atoms with Crippen molar-refractivity contribution in [3.63, 3.8) is 0 Å². The first-order valence-electron chi connectivity index (χ1n) is 12.1. The molecule has 2 fully saturated rings. The summed E-state index contributed by atoms with van der Waals surface area (Å²) in [6.45, 7) is 0. The van der Waals surface area contributed by atoms with Crippen LogP contribution in [-0.4, -0.2) is 39.0 Å². The third-order valence-corrected chi connectivity index (χ3v) is 7.78. The Kier molecular flexibility index (Phi) is 7.23. The van der Waals surface area contributed by atoms with Crippen LogP contribution in [0, 0.1) is 5.92 Å². The average molecular weight is 501 g/mol. The molecule has 1 amide bonds. The van der Waals surface area contributed by atoms with Gasteiger partial charge >= 0.3 is 0 Å². The molecule has 0 aliphatic heterocycles. The van der Waals surface area contributed by atoms with E-state index in [1.165, 1.54) is 0 Å². The van der Waals surface area contributed by atoms with Crippen LogP contribution >= 0.6 is 23.4 Å². The predicted octanol–water partition coefficient (Wildman–Crippen LogP) is 5.42. The minimum Gasteiger partial charge on any atom is -0.360 e. The number of rotatable bonds is 6. The molecule has 2 saturated carbocycles. The first kappa shape index (κ1) is 23.4. The SMILES string of the molecule is O=C(N[C@H]1CCC[C@@H](Nc2ncc(Cl)c(-c3c[nH]c4ccccc34)n2)C1)C1CCC(NCl)CC1. The summed E-state index contributed by atoms with van der Waals surface area (Å²) in [6.07, 6.45) is 11.2. The molecular weight excluding hydrogens is 471 g/mol. The van der Waals surface area contributed by atoms with Crippen LogP contribution in [0.3, 0.4) is 0 Å². The zero-order valence-corrected chi connectivity index (χ0v) is 20.5. The van der Waals surface area contributed by atoms with E-state index in [2.05, 4.69) is 31.5 Å². The minimum atomic E-state index is 0.0907. The van der Waals surface area contributed by atoms with Gasteiger partial charge in [-0.2, -0.15) is 0 Å². The molecule has 2 atom stereocenters. The van der Waals surface area contributed by atoms with Gasteiger partial charge in [0.05, 0.1) is 16.9 Å². The quantitative estimate of drug-likeness (QED) is 0.339. The Balaban J connectivity index is 1.23. The lowest BCUT2D eigenvalue weighted by Gasteiger charge is -2.33. The number of carbonyl (C=O) groups excluding carboxylic acids is 1. The van der Waals surface area contributed by atoms with Crippen molar-refractivity contribution < 1.29 is 4.79 Å². The molecule has 5 rings (SSSR count). The number of nitrogens with zero attached hydrogens (tertiary/aromatic N) is 2. The summed E-state index contributed by atoms with van der Waals surface area (Å²) in [5.74, 6) is 0.838. The van der Waals surface area contributed by atoms with Crippen molar-refractivity contribution in [1.29, 1.82) is 0 Å². The fourth-order valence-electron chi connectivity index (χ4n) is 5.31. The van der Waals surface area contributed by atoms with Crippen molar-refractivity contribution in [2.45, 2.75) is 69.5 Å². The Labute approximate surface area is 209 Å². The van der Waals surface area contributed by atoms with Gasteiger partial charge in [-0.05, 0) is 69.2 Å².